The fourth-order valence-electron chi connectivity index (χ4n) is 1.92. The van der Waals surface area contributed by atoms with Crippen LogP contribution in [0, 0.1) is 0 Å². The van der Waals surface area contributed by atoms with Crippen LogP contribution in [0.15, 0.2) is 0 Å². The molecule has 0 bridgehead atoms. The Morgan fingerprint density at radius 2 is 2.05 bits per heavy atom. The molecule has 1 fully saturated rings. The zero-order valence-electron chi connectivity index (χ0n) is 13.3. The van der Waals surface area contributed by atoms with Gasteiger partial charge in [0.25, 0.3) is 0 Å². The summed E-state index contributed by atoms with van der Waals surface area (Å²) >= 11 is 0. The average Bonchev–Trinajstić information content (AvgIpc) is 2.29. The van der Waals surface area contributed by atoms with E-state index < -0.39 is 14.3 Å². The molecular formula is C14H28O5Si. The first kappa shape index (κ1) is 17.6. The van der Waals surface area contributed by atoms with Crippen LogP contribution in [0.4, 0.5) is 0 Å². The highest BCUT2D eigenvalue weighted by Crippen LogP contribution is 2.38. The van der Waals surface area contributed by atoms with Crippen molar-refractivity contribution >= 4 is 14.3 Å². The molecule has 6 heteroatoms. The van der Waals surface area contributed by atoms with Crippen LogP contribution in [0.3, 0.4) is 0 Å². The Kier molecular flexibility index (Phi) is 6.18. The van der Waals surface area contributed by atoms with Crippen LogP contribution < -0.4 is 0 Å². The SMILES string of the molecule is CC(C)(C)[Si](C)(C)O[C@@H]1CCCO[C@@H]1COCC(=O)O. The van der Waals surface area contributed by atoms with Crippen LogP contribution in [0.5, 0.6) is 0 Å². The lowest BCUT2D eigenvalue weighted by atomic mass is 10.1. The average molecular weight is 304 g/mol. The van der Waals surface area contributed by atoms with E-state index in [1.807, 2.05) is 0 Å². The van der Waals surface area contributed by atoms with E-state index >= 15 is 0 Å². The van der Waals surface area contributed by atoms with Crippen molar-refractivity contribution in [2.75, 3.05) is 19.8 Å². The molecule has 1 saturated heterocycles. The van der Waals surface area contributed by atoms with E-state index in [0.29, 0.717) is 6.61 Å². The number of hydrogen-bond donors (Lipinski definition) is 1. The number of carbonyl (C=O) groups is 1. The van der Waals surface area contributed by atoms with Crippen LogP contribution in [0.1, 0.15) is 33.6 Å². The van der Waals surface area contributed by atoms with E-state index in [1.165, 1.54) is 0 Å². The molecule has 0 radical (unpaired) electrons. The maximum Gasteiger partial charge on any atom is 0.329 e. The summed E-state index contributed by atoms with van der Waals surface area (Å²) in [5, 5.41) is 8.76. The molecule has 1 rings (SSSR count). The maximum atomic E-state index is 10.5. The minimum atomic E-state index is -1.85. The van der Waals surface area contributed by atoms with Crippen molar-refractivity contribution in [1.82, 2.24) is 0 Å². The summed E-state index contributed by atoms with van der Waals surface area (Å²) in [6, 6.07) is 0. The van der Waals surface area contributed by atoms with Crippen molar-refractivity contribution in [3.05, 3.63) is 0 Å². The monoisotopic (exact) mass is 304 g/mol. The molecule has 0 aromatic rings. The third-order valence-corrected chi connectivity index (χ3v) is 8.64. The normalized spacial score (nSPS) is 24.6. The Balaban J connectivity index is 2.58. The van der Waals surface area contributed by atoms with Gasteiger partial charge in [-0.3, -0.25) is 0 Å². The summed E-state index contributed by atoms with van der Waals surface area (Å²) in [5.74, 6) is -0.956. The van der Waals surface area contributed by atoms with E-state index in [-0.39, 0.29) is 30.5 Å². The quantitative estimate of drug-likeness (QED) is 0.764. The smallest absolute Gasteiger partial charge is 0.329 e. The van der Waals surface area contributed by atoms with E-state index in [2.05, 4.69) is 33.9 Å². The molecule has 0 saturated carbocycles. The van der Waals surface area contributed by atoms with Gasteiger partial charge in [0.2, 0.25) is 0 Å². The highest BCUT2D eigenvalue weighted by atomic mass is 28.4. The van der Waals surface area contributed by atoms with Gasteiger partial charge < -0.3 is 19.0 Å². The zero-order valence-corrected chi connectivity index (χ0v) is 14.3. The van der Waals surface area contributed by atoms with Crippen LogP contribution in [-0.2, 0) is 18.7 Å². The van der Waals surface area contributed by atoms with Gasteiger partial charge in [-0.05, 0) is 31.0 Å². The first-order chi connectivity index (χ1) is 9.13. The van der Waals surface area contributed by atoms with Gasteiger partial charge in [-0.1, -0.05) is 20.8 Å². The Hall–Kier alpha value is -0.433. The third kappa shape index (κ3) is 5.16. The van der Waals surface area contributed by atoms with Gasteiger partial charge in [-0.25, -0.2) is 4.79 Å². The van der Waals surface area contributed by atoms with E-state index in [0.717, 1.165) is 12.8 Å². The van der Waals surface area contributed by atoms with Crippen LogP contribution in [0.25, 0.3) is 0 Å². The summed E-state index contributed by atoms with van der Waals surface area (Å²) in [6.45, 7) is 11.8. The molecule has 0 aromatic heterocycles. The number of carboxylic acids is 1. The molecule has 20 heavy (non-hydrogen) atoms. The number of ether oxygens (including phenoxy) is 2. The predicted octanol–water partition coefficient (Wildman–Crippen LogP) is 2.66. The Labute approximate surface area is 122 Å². The van der Waals surface area contributed by atoms with E-state index in [9.17, 15) is 4.79 Å². The molecule has 0 aromatic carbocycles. The number of hydrogen-bond acceptors (Lipinski definition) is 4. The molecule has 1 heterocycles. The van der Waals surface area contributed by atoms with Crippen LogP contribution >= 0.6 is 0 Å². The fraction of sp³-hybridized carbons (Fsp3) is 0.929. The molecule has 0 aliphatic carbocycles. The predicted molar refractivity (Wildman–Crippen MR) is 79.5 cm³/mol. The number of aliphatic carboxylic acids is 1. The fourth-order valence-corrected chi connectivity index (χ4v) is 3.30. The number of rotatable bonds is 6. The molecule has 0 spiro atoms. The van der Waals surface area contributed by atoms with Gasteiger partial charge in [0.15, 0.2) is 8.32 Å². The lowest BCUT2D eigenvalue weighted by molar-refractivity contribution is -0.147. The summed E-state index contributed by atoms with van der Waals surface area (Å²) in [6.07, 6.45) is 1.79. The first-order valence-electron chi connectivity index (χ1n) is 7.22. The lowest BCUT2D eigenvalue weighted by Gasteiger charge is -2.42. The molecule has 1 aliphatic heterocycles. The highest BCUT2D eigenvalue weighted by Gasteiger charge is 2.41. The molecule has 5 nitrogen and oxygen atoms in total. The van der Waals surface area contributed by atoms with Crippen LogP contribution in [-0.4, -0.2) is 51.4 Å². The minimum absolute atomic E-state index is 0.0124. The van der Waals surface area contributed by atoms with Crippen molar-refractivity contribution in [2.24, 2.45) is 0 Å². The Bertz CT molecular complexity index is 324. The van der Waals surface area contributed by atoms with Crippen molar-refractivity contribution < 1.29 is 23.8 Å². The molecular weight excluding hydrogens is 276 g/mol. The Morgan fingerprint density at radius 1 is 1.40 bits per heavy atom. The molecule has 118 valence electrons. The second-order valence-electron chi connectivity index (χ2n) is 6.88. The topological polar surface area (TPSA) is 65.0 Å². The van der Waals surface area contributed by atoms with Crippen molar-refractivity contribution in [3.8, 4) is 0 Å². The Morgan fingerprint density at radius 3 is 2.60 bits per heavy atom. The maximum absolute atomic E-state index is 10.5. The van der Waals surface area contributed by atoms with E-state index in [4.69, 9.17) is 19.0 Å². The van der Waals surface area contributed by atoms with Gasteiger partial charge >= 0.3 is 5.97 Å². The van der Waals surface area contributed by atoms with Crippen molar-refractivity contribution in [2.45, 2.75) is 64.0 Å². The second-order valence-corrected chi connectivity index (χ2v) is 11.6. The first-order valence-corrected chi connectivity index (χ1v) is 10.1. The van der Waals surface area contributed by atoms with E-state index in [1.54, 1.807) is 0 Å². The second kappa shape index (κ2) is 7.02. The molecule has 0 unspecified atom stereocenters. The molecule has 1 N–H and O–H groups in total. The zero-order chi connectivity index (χ0) is 15.4. The van der Waals surface area contributed by atoms with Gasteiger partial charge in [-0.15, -0.1) is 0 Å². The van der Waals surface area contributed by atoms with Crippen molar-refractivity contribution in [1.29, 1.82) is 0 Å². The highest BCUT2D eigenvalue weighted by molar-refractivity contribution is 6.74. The standard InChI is InChI=1S/C14H28O5Si/c1-14(2,3)20(4,5)19-11-7-6-8-18-12(11)9-17-10-13(15)16/h11-12H,6-10H2,1-5H3,(H,15,16)/t11-,12-/m1/s1. The summed E-state index contributed by atoms with van der Waals surface area (Å²) in [4.78, 5) is 10.5. The van der Waals surface area contributed by atoms with Gasteiger partial charge in [-0.2, -0.15) is 0 Å². The molecule has 2 atom stereocenters. The largest absolute Gasteiger partial charge is 0.480 e. The molecule has 1 aliphatic rings. The van der Waals surface area contributed by atoms with Crippen LogP contribution in [0.2, 0.25) is 18.1 Å². The summed E-state index contributed by atoms with van der Waals surface area (Å²) < 4.78 is 17.3. The van der Waals surface area contributed by atoms with Gasteiger partial charge in [0, 0.05) is 6.61 Å². The van der Waals surface area contributed by atoms with Crippen molar-refractivity contribution in [3.63, 3.8) is 0 Å². The summed E-state index contributed by atoms with van der Waals surface area (Å²) in [7, 11) is -1.85. The number of carboxylic acid groups (broad SMARTS) is 1. The lowest BCUT2D eigenvalue weighted by Crippen LogP contribution is -2.50. The molecule has 0 amide bonds. The van der Waals surface area contributed by atoms with Gasteiger partial charge in [0.1, 0.15) is 12.7 Å². The minimum Gasteiger partial charge on any atom is -0.480 e. The summed E-state index contributed by atoms with van der Waals surface area (Å²) in [5.41, 5.74) is 0. The third-order valence-electron chi connectivity index (χ3n) is 4.14. The van der Waals surface area contributed by atoms with Gasteiger partial charge in [0.05, 0.1) is 12.7 Å².